The molecular weight excluding hydrogens is 577 g/mol. The first-order valence-corrected chi connectivity index (χ1v) is 13.7. The first-order chi connectivity index (χ1) is 17.6. The van der Waals surface area contributed by atoms with Crippen LogP contribution in [0.15, 0.2) is 60.7 Å². The summed E-state index contributed by atoms with van der Waals surface area (Å²) >= 11 is 0. The van der Waals surface area contributed by atoms with Gasteiger partial charge in [-0.05, 0) is 38.8 Å². The molecule has 0 saturated heterocycles. The van der Waals surface area contributed by atoms with Crippen molar-refractivity contribution in [1.82, 2.24) is 5.32 Å². The van der Waals surface area contributed by atoms with Gasteiger partial charge in [-0.25, -0.2) is 0 Å². The van der Waals surface area contributed by atoms with Crippen molar-refractivity contribution in [2.45, 2.75) is 93.9 Å². The van der Waals surface area contributed by atoms with Gasteiger partial charge in [0.25, 0.3) is 10.1 Å². The number of rotatable bonds is 13. The molecule has 0 fully saturated rings. The molecule has 2 N–H and O–H groups in total. The van der Waals surface area contributed by atoms with Gasteiger partial charge in [0, 0.05) is 27.1 Å². The quantitative estimate of drug-likeness (QED) is 0.260. The lowest BCUT2D eigenvalue weighted by molar-refractivity contribution is -0.146. The van der Waals surface area contributed by atoms with Crippen molar-refractivity contribution in [2.24, 2.45) is 0 Å². The monoisotopic (exact) mass is 633 g/mol. The maximum Gasteiger partial charge on any atom is 0.267 e. The van der Waals surface area contributed by atoms with Gasteiger partial charge in [-0.2, -0.15) is 8.42 Å². The number of Topliss-reactive ketones (excluding diaryl/α,β-unsaturated/α-hetero) is 2. The SMILES string of the molecule is C.C.C.C.COC(CC(=O)NC(C)(C)CS(=O)(=O)O)(Cc1ccccc1)C(C)=O.COC(Cc1ccccc1)C(C)=O.F. The molecule has 2 aromatic rings. The fraction of sp³-hybridized carbons (Fsp3) is 0.531. The van der Waals surface area contributed by atoms with Crippen LogP contribution >= 0.6 is 0 Å². The number of nitrogens with one attached hydrogen (secondary N) is 1. The first kappa shape index (κ1) is 49.7. The van der Waals surface area contributed by atoms with E-state index in [0.29, 0.717) is 6.42 Å². The van der Waals surface area contributed by atoms with Gasteiger partial charge in [0.2, 0.25) is 5.91 Å². The number of ketones is 2. The van der Waals surface area contributed by atoms with E-state index in [1.54, 1.807) is 14.0 Å². The molecule has 43 heavy (non-hydrogen) atoms. The van der Waals surface area contributed by atoms with Gasteiger partial charge in [0.1, 0.15) is 11.7 Å². The topological polar surface area (TPSA) is 136 Å². The number of methoxy groups -OCH3 is 2. The Balaban J connectivity index is -0.000000231. The highest BCUT2D eigenvalue weighted by molar-refractivity contribution is 7.85. The molecule has 2 atom stereocenters. The molecule has 0 aliphatic rings. The lowest BCUT2D eigenvalue weighted by Gasteiger charge is -2.32. The second-order valence-corrected chi connectivity index (χ2v) is 11.2. The lowest BCUT2D eigenvalue weighted by atomic mass is 9.86. The fourth-order valence-electron chi connectivity index (χ4n) is 3.92. The molecular formula is C32H56FNO8S. The molecule has 11 heteroatoms. The molecule has 0 aromatic heterocycles. The van der Waals surface area contributed by atoms with E-state index >= 15 is 0 Å². The standard InChI is InChI=1S/C17H25NO6S.C11H14O2.4CH4.FH/c1-13(19)17(24-4,10-14-8-6-5-7-9-14)11-15(20)18-16(2,3)12-25(21,22)23;1-9(12)11(13-2)8-10-6-4-3-5-7-10;;;;;/h5-9H,10-12H2,1-4H3,(H,18,20)(H,21,22,23);3-7,11H,8H2,1-2H3;4*1H4;1H. The van der Waals surface area contributed by atoms with Gasteiger partial charge in [-0.1, -0.05) is 90.4 Å². The third-order valence-corrected chi connectivity index (χ3v) is 6.92. The number of halogens is 1. The second kappa shape index (κ2) is 22.5. The van der Waals surface area contributed by atoms with Gasteiger partial charge in [-0.15, -0.1) is 0 Å². The van der Waals surface area contributed by atoms with Gasteiger partial charge in [0.05, 0.1) is 17.7 Å². The Morgan fingerprint density at radius 1 is 0.860 bits per heavy atom. The summed E-state index contributed by atoms with van der Waals surface area (Å²) < 4.78 is 41.5. The highest BCUT2D eigenvalue weighted by Gasteiger charge is 2.39. The van der Waals surface area contributed by atoms with Crippen LogP contribution in [-0.2, 0) is 46.8 Å². The van der Waals surface area contributed by atoms with Gasteiger partial charge in [0.15, 0.2) is 11.6 Å². The minimum atomic E-state index is -4.25. The van der Waals surface area contributed by atoms with Crippen molar-refractivity contribution >= 4 is 27.6 Å². The molecule has 2 aromatic carbocycles. The second-order valence-electron chi connectivity index (χ2n) is 9.78. The Morgan fingerprint density at radius 2 is 1.30 bits per heavy atom. The maximum absolute atomic E-state index is 12.4. The summed E-state index contributed by atoms with van der Waals surface area (Å²) in [5, 5.41) is 2.53. The van der Waals surface area contributed by atoms with Crippen molar-refractivity contribution in [3.8, 4) is 0 Å². The number of carbonyl (C=O) groups excluding carboxylic acids is 3. The van der Waals surface area contributed by atoms with Crippen molar-refractivity contribution in [1.29, 1.82) is 0 Å². The fourth-order valence-corrected chi connectivity index (χ4v) is 4.90. The average molecular weight is 634 g/mol. The van der Waals surface area contributed by atoms with Crippen LogP contribution in [0.4, 0.5) is 4.70 Å². The molecule has 0 heterocycles. The van der Waals surface area contributed by atoms with Crippen molar-refractivity contribution in [3.63, 3.8) is 0 Å². The van der Waals surface area contributed by atoms with Crippen molar-refractivity contribution in [3.05, 3.63) is 71.8 Å². The van der Waals surface area contributed by atoms with E-state index in [1.807, 2.05) is 60.7 Å². The van der Waals surface area contributed by atoms with Gasteiger partial charge < -0.3 is 14.8 Å². The minimum Gasteiger partial charge on any atom is -0.373 e. The number of ether oxygens (including phenoxy) is 2. The van der Waals surface area contributed by atoms with Crippen LogP contribution in [0.25, 0.3) is 0 Å². The van der Waals surface area contributed by atoms with Crippen LogP contribution in [0, 0.1) is 0 Å². The van der Waals surface area contributed by atoms with Crippen LogP contribution in [0.1, 0.15) is 74.9 Å². The highest BCUT2D eigenvalue weighted by atomic mass is 32.2. The van der Waals surface area contributed by atoms with Crippen molar-refractivity contribution < 1.29 is 41.5 Å². The summed E-state index contributed by atoms with van der Waals surface area (Å²) in [5.41, 5.74) is -0.568. The Labute approximate surface area is 259 Å². The molecule has 0 spiro atoms. The molecule has 2 rings (SSSR count). The van der Waals surface area contributed by atoms with Crippen LogP contribution in [0.3, 0.4) is 0 Å². The molecule has 0 aliphatic heterocycles. The van der Waals surface area contributed by atoms with Crippen molar-refractivity contribution in [2.75, 3.05) is 20.0 Å². The molecule has 9 nitrogen and oxygen atoms in total. The molecule has 1 amide bonds. The molecule has 250 valence electrons. The zero-order valence-electron chi connectivity index (χ0n) is 23.3. The predicted molar refractivity (Wildman–Crippen MR) is 175 cm³/mol. The third kappa shape index (κ3) is 19.0. The van der Waals surface area contributed by atoms with Crippen LogP contribution in [-0.4, -0.2) is 67.7 Å². The van der Waals surface area contributed by atoms with Crippen LogP contribution < -0.4 is 5.32 Å². The Bertz CT molecular complexity index is 1160. The van der Waals surface area contributed by atoms with Gasteiger partial charge in [-0.3, -0.25) is 23.6 Å². The molecule has 0 aliphatic carbocycles. The van der Waals surface area contributed by atoms with E-state index in [0.717, 1.165) is 11.1 Å². The number of benzene rings is 2. The van der Waals surface area contributed by atoms with Crippen LogP contribution in [0.5, 0.6) is 0 Å². The number of hydrogen-bond acceptors (Lipinski definition) is 7. The Kier molecular flexibility index (Phi) is 26.0. The summed E-state index contributed by atoms with van der Waals surface area (Å²) in [6.07, 6.45) is 0.309. The molecule has 2 unspecified atom stereocenters. The van der Waals surface area contributed by atoms with E-state index in [4.69, 9.17) is 14.0 Å². The summed E-state index contributed by atoms with van der Waals surface area (Å²) in [5.74, 6) is -1.40. The predicted octanol–water partition coefficient (Wildman–Crippen LogP) is 5.91. The van der Waals surface area contributed by atoms with E-state index in [9.17, 15) is 22.8 Å². The molecule has 0 saturated carbocycles. The Hall–Kier alpha value is -2.99. The third-order valence-electron chi connectivity index (χ3n) is 5.83. The van der Waals surface area contributed by atoms with E-state index in [1.165, 1.54) is 27.9 Å². The number of hydrogen-bond donors (Lipinski definition) is 2. The summed E-state index contributed by atoms with van der Waals surface area (Å²) in [6, 6.07) is 19.0. The zero-order chi connectivity index (χ0) is 29.0. The molecule has 0 radical (unpaired) electrons. The van der Waals surface area contributed by atoms with E-state index in [2.05, 4.69) is 5.32 Å². The lowest BCUT2D eigenvalue weighted by Crippen LogP contribution is -2.52. The summed E-state index contributed by atoms with van der Waals surface area (Å²) in [6.45, 7) is 5.84. The maximum atomic E-state index is 12.4. The minimum absolute atomic E-state index is 0. The summed E-state index contributed by atoms with van der Waals surface area (Å²) in [4.78, 5) is 35.6. The zero-order valence-corrected chi connectivity index (χ0v) is 24.1. The number of carbonyl (C=O) groups is 3. The largest absolute Gasteiger partial charge is 0.373 e. The Morgan fingerprint density at radius 3 is 1.65 bits per heavy atom. The van der Waals surface area contributed by atoms with E-state index in [-0.39, 0.29) is 64.9 Å². The highest BCUT2D eigenvalue weighted by Crippen LogP contribution is 2.24. The first-order valence-electron chi connectivity index (χ1n) is 12.1. The smallest absolute Gasteiger partial charge is 0.267 e. The molecule has 0 bridgehead atoms. The average Bonchev–Trinajstić information content (AvgIpc) is 2.81. The van der Waals surface area contributed by atoms with E-state index < -0.39 is 32.9 Å². The summed E-state index contributed by atoms with van der Waals surface area (Å²) in [7, 11) is -1.33. The number of amides is 1. The van der Waals surface area contributed by atoms with Crippen LogP contribution in [0.2, 0.25) is 0 Å². The normalized spacial score (nSPS) is 12.3. The van der Waals surface area contributed by atoms with Gasteiger partial charge >= 0.3 is 0 Å².